The largest absolute Gasteiger partial charge is 0.497 e. The van der Waals surface area contributed by atoms with E-state index in [0.29, 0.717) is 28.4 Å². The van der Waals surface area contributed by atoms with E-state index in [1.807, 2.05) is 0 Å². The molecule has 0 saturated carbocycles. The second-order valence-corrected chi connectivity index (χ2v) is 4.21. The molecule has 21 heavy (non-hydrogen) atoms. The molecule has 0 aliphatic heterocycles. The van der Waals surface area contributed by atoms with Gasteiger partial charge in [0.1, 0.15) is 5.75 Å². The summed E-state index contributed by atoms with van der Waals surface area (Å²) in [5.74, 6) is 1.44. The molecule has 0 aliphatic rings. The van der Waals surface area contributed by atoms with Gasteiger partial charge in [-0.05, 0) is 23.8 Å². The highest BCUT2D eigenvalue weighted by Crippen LogP contribution is 2.40. The van der Waals surface area contributed by atoms with Crippen molar-refractivity contribution in [3.8, 4) is 28.4 Å². The molecule has 2 rings (SSSR count). The summed E-state index contributed by atoms with van der Waals surface area (Å²) in [6, 6.07) is 9.96. The third-order valence-corrected chi connectivity index (χ3v) is 3.10. The maximum Gasteiger partial charge on any atom is 0.281 e. The summed E-state index contributed by atoms with van der Waals surface area (Å²) in [6.45, 7) is 0. The lowest BCUT2D eigenvalue weighted by Gasteiger charge is -2.11. The van der Waals surface area contributed by atoms with Gasteiger partial charge in [0.15, 0.2) is 11.5 Å². The molecule has 0 N–H and O–H groups in total. The second-order valence-electron chi connectivity index (χ2n) is 4.21. The zero-order valence-electron chi connectivity index (χ0n) is 12.0. The molecule has 0 amide bonds. The van der Waals surface area contributed by atoms with Crippen LogP contribution in [-0.2, 0) is 0 Å². The van der Waals surface area contributed by atoms with E-state index in [1.54, 1.807) is 37.4 Å². The van der Waals surface area contributed by atoms with Crippen LogP contribution >= 0.6 is 0 Å². The molecule has 6 nitrogen and oxygen atoms in total. The first-order valence-corrected chi connectivity index (χ1v) is 6.15. The normalized spacial score (nSPS) is 10.0. The molecule has 2 aromatic rings. The number of methoxy groups -OCH3 is 3. The minimum Gasteiger partial charge on any atom is -0.497 e. The van der Waals surface area contributed by atoms with Gasteiger partial charge in [0.2, 0.25) is 0 Å². The number of rotatable bonds is 5. The first-order valence-electron chi connectivity index (χ1n) is 6.15. The summed E-state index contributed by atoms with van der Waals surface area (Å²) in [4.78, 5) is 10.8. The number of nitro groups is 1. The monoisotopic (exact) mass is 289 g/mol. The van der Waals surface area contributed by atoms with Gasteiger partial charge in [-0.25, -0.2) is 0 Å². The average molecular weight is 289 g/mol. The fraction of sp³-hybridized carbons (Fsp3) is 0.200. The fourth-order valence-electron chi connectivity index (χ4n) is 2.02. The maximum atomic E-state index is 11.3. The van der Waals surface area contributed by atoms with Gasteiger partial charge in [0.05, 0.1) is 37.9 Å². The minimum atomic E-state index is -0.443. The lowest BCUT2D eigenvalue weighted by Crippen LogP contribution is -1.97. The Hall–Kier alpha value is -2.76. The predicted octanol–water partition coefficient (Wildman–Crippen LogP) is 3.29. The molecule has 2 aromatic carbocycles. The van der Waals surface area contributed by atoms with Gasteiger partial charge in [-0.15, -0.1) is 0 Å². The molecule has 0 fully saturated rings. The highest BCUT2D eigenvalue weighted by Gasteiger charge is 2.20. The van der Waals surface area contributed by atoms with Crippen molar-refractivity contribution in [1.29, 1.82) is 0 Å². The van der Waals surface area contributed by atoms with Crippen LogP contribution in [0.4, 0.5) is 5.69 Å². The second kappa shape index (κ2) is 6.13. The Morgan fingerprint density at radius 2 is 1.48 bits per heavy atom. The Morgan fingerprint density at radius 1 is 0.905 bits per heavy atom. The Balaban J connectivity index is 2.61. The molecule has 0 saturated heterocycles. The summed E-state index contributed by atoms with van der Waals surface area (Å²) < 4.78 is 15.4. The van der Waals surface area contributed by atoms with Gasteiger partial charge in [-0.1, -0.05) is 12.1 Å². The van der Waals surface area contributed by atoms with Crippen molar-refractivity contribution in [3.05, 3.63) is 46.5 Å². The standard InChI is InChI=1S/C15H15NO5/c1-19-11-6-4-10(5-7-11)12-8-14(20-2)15(21-3)9-13(12)16(17)18/h4-9H,1-3H3. The Labute approximate surface area is 122 Å². The first-order chi connectivity index (χ1) is 10.1. The molecule has 6 heteroatoms. The van der Waals surface area contributed by atoms with E-state index in [1.165, 1.54) is 20.3 Å². The van der Waals surface area contributed by atoms with E-state index in [2.05, 4.69) is 0 Å². The topological polar surface area (TPSA) is 70.8 Å². The summed E-state index contributed by atoms with van der Waals surface area (Å²) in [5.41, 5.74) is 1.11. The van der Waals surface area contributed by atoms with Crippen LogP contribution in [0.3, 0.4) is 0 Å². The van der Waals surface area contributed by atoms with Gasteiger partial charge in [-0.2, -0.15) is 0 Å². The van der Waals surface area contributed by atoms with Crippen molar-refractivity contribution in [2.24, 2.45) is 0 Å². The zero-order valence-corrected chi connectivity index (χ0v) is 12.0. The summed E-state index contributed by atoms with van der Waals surface area (Å²) in [7, 11) is 4.49. The van der Waals surface area contributed by atoms with Crippen LogP contribution in [0.25, 0.3) is 11.1 Å². The number of ether oxygens (including phenoxy) is 3. The van der Waals surface area contributed by atoms with Crippen LogP contribution in [0.1, 0.15) is 0 Å². The Bertz CT molecular complexity index is 652. The van der Waals surface area contributed by atoms with Gasteiger partial charge in [0.25, 0.3) is 5.69 Å². The van der Waals surface area contributed by atoms with Gasteiger partial charge >= 0.3 is 0 Å². The summed E-state index contributed by atoms with van der Waals surface area (Å²) in [6.07, 6.45) is 0. The van der Waals surface area contributed by atoms with Crippen molar-refractivity contribution >= 4 is 5.69 Å². The number of hydrogen-bond donors (Lipinski definition) is 0. The fourth-order valence-corrected chi connectivity index (χ4v) is 2.02. The predicted molar refractivity (Wildman–Crippen MR) is 78.2 cm³/mol. The lowest BCUT2D eigenvalue weighted by molar-refractivity contribution is -0.384. The Kier molecular flexibility index (Phi) is 4.27. The van der Waals surface area contributed by atoms with Crippen molar-refractivity contribution in [1.82, 2.24) is 0 Å². The molecule has 0 bridgehead atoms. The number of benzene rings is 2. The molecule has 0 spiro atoms. The third-order valence-electron chi connectivity index (χ3n) is 3.10. The van der Waals surface area contributed by atoms with Crippen LogP contribution in [0.15, 0.2) is 36.4 Å². The molecular weight excluding hydrogens is 274 g/mol. The molecule has 0 atom stereocenters. The zero-order chi connectivity index (χ0) is 15.4. The molecule has 0 heterocycles. The van der Waals surface area contributed by atoms with Gasteiger partial charge in [-0.3, -0.25) is 10.1 Å². The number of hydrogen-bond acceptors (Lipinski definition) is 5. The smallest absolute Gasteiger partial charge is 0.281 e. The van der Waals surface area contributed by atoms with Crippen molar-refractivity contribution in [2.45, 2.75) is 0 Å². The Morgan fingerprint density at radius 3 is 1.95 bits per heavy atom. The molecule has 0 aliphatic carbocycles. The van der Waals surface area contributed by atoms with E-state index in [-0.39, 0.29) is 5.69 Å². The highest BCUT2D eigenvalue weighted by molar-refractivity contribution is 5.77. The number of nitro benzene ring substituents is 1. The number of nitrogens with zero attached hydrogens (tertiary/aromatic N) is 1. The molecule has 110 valence electrons. The van der Waals surface area contributed by atoms with Crippen LogP contribution in [0.5, 0.6) is 17.2 Å². The van der Waals surface area contributed by atoms with Crippen LogP contribution < -0.4 is 14.2 Å². The third kappa shape index (κ3) is 2.89. The van der Waals surface area contributed by atoms with Crippen LogP contribution in [0, 0.1) is 10.1 Å². The van der Waals surface area contributed by atoms with Crippen LogP contribution in [0.2, 0.25) is 0 Å². The van der Waals surface area contributed by atoms with E-state index < -0.39 is 4.92 Å². The molecule has 0 aromatic heterocycles. The van der Waals surface area contributed by atoms with Crippen LogP contribution in [-0.4, -0.2) is 26.3 Å². The van der Waals surface area contributed by atoms with Gasteiger partial charge < -0.3 is 14.2 Å². The van der Waals surface area contributed by atoms with E-state index in [4.69, 9.17) is 14.2 Å². The lowest BCUT2D eigenvalue weighted by atomic mass is 10.0. The van der Waals surface area contributed by atoms with Gasteiger partial charge in [0, 0.05) is 0 Å². The molecular formula is C15H15NO5. The van der Waals surface area contributed by atoms with E-state index in [0.717, 1.165) is 0 Å². The highest BCUT2D eigenvalue weighted by atomic mass is 16.6. The van der Waals surface area contributed by atoms with E-state index in [9.17, 15) is 10.1 Å². The SMILES string of the molecule is COc1ccc(-c2cc(OC)c(OC)cc2[N+](=O)[O-])cc1. The summed E-state index contributed by atoms with van der Waals surface area (Å²) >= 11 is 0. The molecule has 0 unspecified atom stereocenters. The molecule has 0 radical (unpaired) electrons. The van der Waals surface area contributed by atoms with Crippen molar-refractivity contribution in [2.75, 3.05) is 21.3 Å². The average Bonchev–Trinajstić information content (AvgIpc) is 2.53. The quantitative estimate of drug-likeness (QED) is 0.624. The van der Waals surface area contributed by atoms with Crippen molar-refractivity contribution < 1.29 is 19.1 Å². The first kappa shape index (κ1) is 14.6. The maximum absolute atomic E-state index is 11.3. The van der Waals surface area contributed by atoms with Crippen molar-refractivity contribution in [3.63, 3.8) is 0 Å². The summed E-state index contributed by atoms with van der Waals surface area (Å²) in [5, 5.41) is 11.3. The van der Waals surface area contributed by atoms with E-state index >= 15 is 0 Å². The minimum absolute atomic E-state index is 0.0437.